The Bertz CT molecular complexity index is 840. The molecule has 118 valence electrons. The third kappa shape index (κ3) is 3.38. The number of nitrogens with zero attached hydrogens (tertiary/aromatic N) is 2. The van der Waals surface area contributed by atoms with E-state index in [2.05, 4.69) is 33.2 Å². The molecule has 6 heteroatoms. The zero-order valence-electron chi connectivity index (χ0n) is 12.7. The second kappa shape index (κ2) is 6.68. The number of hydrogen-bond donors (Lipinski definition) is 0. The topological polar surface area (TPSA) is 44.1 Å². The standard InChI is InChI=1S/C17H15BrN2O2S/c1-11-8-14(17(21)22-2)23-15(11)13-10-20(19-16(13)18)9-12-6-4-3-5-7-12/h3-8,10H,9H2,1-2H3. The summed E-state index contributed by atoms with van der Waals surface area (Å²) in [7, 11) is 1.39. The first-order valence-electron chi connectivity index (χ1n) is 7.04. The van der Waals surface area contributed by atoms with Gasteiger partial charge < -0.3 is 4.74 Å². The van der Waals surface area contributed by atoms with Crippen molar-refractivity contribution in [2.45, 2.75) is 13.5 Å². The average Bonchev–Trinajstić information content (AvgIpc) is 3.10. The van der Waals surface area contributed by atoms with Crippen LogP contribution in [-0.4, -0.2) is 22.9 Å². The van der Waals surface area contributed by atoms with Crippen LogP contribution in [0.4, 0.5) is 0 Å². The highest BCUT2D eigenvalue weighted by atomic mass is 79.9. The average molecular weight is 391 g/mol. The largest absolute Gasteiger partial charge is 0.465 e. The van der Waals surface area contributed by atoms with Crippen LogP contribution in [0.15, 0.2) is 47.2 Å². The summed E-state index contributed by atoms with van der Waals surface area (Å²) in [5.41, 5.74) is 3.21. The van der Waals surface area contributed by atoms with Gasteiger partial charge in [0, 0.05) is 16.6 Å². The molecule has 4 nitrogen and oxygen atoms in total. The fourth-order valence-electron chi connectivity index (χ4n) is 2.35. The van der Waals surface area contributed by atoms with Crippen LogP contribution in [0.5, 0.6) is 0 Å². The number of aryl methyl sites for hydroxylation is 1. The van der Waals surface area contributed by atoms with E-state index >= 15 is 0 Å². The van der Waals surface area contributed by atoms with Gasteiger partial charge in [-0.25, -0.2) is 4.79 Å². The summed E-state index contributed by atoms with van der Waals surface area (Å²) in [6.45, 7) is 2.69. The van der Waals surface area contributed by atoms with E-state index in [4.69, 9.17) is 4.74 Å². The van der Waals surface area contributed by atoms with Gasteiger partial charge in [0.2, 0.25) is 0 Å². The molecule has 0 aliphatic rings. The van der Waals surface area contributed by atoms with Crippen LogP contribution < -0.4 is 0 Å². The Hall–Kier alpha value is -1.92. The van der Waals surface area contributed by atoms with Crippen LogP contribution in [0.25, 0.3) is 10.4 Å². The number of hydrogen-bond acceptors (Lipinski definition) is 4. The molecule has 0 N–H and O–H groups in total. The molecule has 0 aliphatic heterocycles. The zero-order valence-corrected chi connectivity index (χ0v) is 15.1. The van der Waals surface area contributed by atoms with Crippen molar-refractivity contribution in [1.82, 2.24) is 9.78 Å². The third-order valence-electron chi connectivity index (χ3n) is 3.45. The first-order chi connectivity index (χ1) is 11.1. The molecule has 0 spiro atoms. The molecule has 3 aromatic rings. The summed E-state index contributed by atoms with van der Waals surface area (Å²) in [5.74, 6) is -0.308. The van der Waals surface area contributed by atoms with Gasteiger partial charge in [-0.1, -0.05) is 30.3 Å². The summed E-state index contributed by atoms with van der Waals surface area (Å²) in [4.78, 5) is 13.3. The van der Waals surface area contributed by atoms with Crippen molar-refractivity contribution in [2.24, 2.45) is 0 Å². The van der Waals surface area contributed by atoms with E-state index in [0.717, 1.165) is 20.6 Å². The number of rotatable bonds is 4. The van der Waals surface area contributed by atoms with Crippen molar-refractivity contribution in [3.63, 3.8) is 0 Å². The van der Waals surface area contributed by atoms with Gasteiger partial charge in [-0.2, -0.15) is 5.10 Å². The number of benzene rings is 1. The maximum absolute atomic E-state index is 11.7. The van der Waals surface area contributed by atoms with Crippen LogP contribution in [0.1, 0.15) is 20.8 Å². The highest BCUT2D eigenvalue weighted by molar-refractivity contribution is 9.10. The molecular formula is C17H15BrN2O2S. The van der Waals surface area contributed by atoms with Crippen molar-refractivity contribution in [2.75, 3.05) is 7.11 Å². The molecular weight excluding hydrogens is 376 g/mol. The van der Waals surface area contributed by atoms with E-state index in [-0.39, 0.29) is 5.97 Å². The number of halogens is 1. The predicted molar refractivity (Wildman–Crippen MR) is 94.9 cm³/mol. The van der Waals surface area contributed by atoms with Gasteiger partial charge in [0.15, 0.2) is 0 Å². The first-order valence-corrected chi connectivity index (χ1v) is 8.65. The van der Waals surface area contributed by atoms with E-state index in [1.165, 1.54) is 24.0 Å². The maximum atomic E-state index is 11.7. The molecule has 0 radical (unpaired) electrons. The number of esters is 1. The molecule has 0 saturated heterocycles. The molecule has 0 atom stereocenters. The number of carbonyl (C=O) groups is 1. The van der Waals surface area contributed by atoms with Gasteiger partial charge in [0.05, 0.1) is 13.7 Å². The van der Waals surface area contributed by atoms with E-state index in [1.54, 1.807) is 0 Å². The lowest BCUT2D eigenvalue weighted by Crippen LogP contribution is -1.99. The normalized spacial score (nSPS) is 10.7. The quantitative estimate of drug-likeness (QED) is 0.615. The number of carbonyl (C=O) groups excluding carboxylic acids is 1. The van der Waals surface area contributed by atoms with Crippen molar-refractivity contribution in [1.29, 1.82) is 0 Å². The van der Waals surface area contributed by atoms with E-state index in [1.807, 2.05) is 42.1 Å². The highest BCUT2D eigenvalue weighted by Crippen LogP contribution is 2.36. The molecule has 0 bridgehead atoms. The second-order valence-electron chi connectivity index (χ2n) is 5.13. The van der Waals surface area contributed by atoms with Crippen LogP contribution in [0.3, 0.4) is 0 Å². The van der Waals surface area contributed by atoms with Crippen molar-refractivity contribution in [3.05, 3.63) is 63.2 Å². The van der Waals surface area contributed by atoms with E-state index < -0.39 is 0 Å². The van der Waals surface area contributed by atoms with Crippen molar-refractivity contribution < 1.29 is 9.53 Å². The molecule has 23 heavy (non-hydrogen) atoms. The maximum Gasteiger partial charge on any atom is 0.348 e. The molecule has 0 unspecified atom stereocenters. The van der Waals surface area contributed by atoms with Crippen molar-refractivity contribution >= 4 is 33.2 Å². The Morgan fingerprint density at radius 3 is 2.78 bits per heavy atom. The van der Waals surface area contributed by atoms with Gasteiger partial charge >= 0.3 is 5.97 Å². The minimum Gasteiger partial charge on any atom is -0.465 e. The number of thiophene rings is 1. The van der Waals surface area contributed by atoms with Crippen LogP contribution in [0, 0.1) is 6.92 Å². The molecule has 0 fully saturated rings. The number of aromatic nitrogens is 2. The van der Waals surface area contributed by atoms with Crippen LogP contribution in [0.2, 0.25) is 0 Å². The smallest absolute Gasteiger partial charge is 0.348 e. The summed E-state index contributed by atoms with van der Waals surface area (Å²) in [6.07, 6.45) is 2.00. The molecule has 1 aromatic carbocycles. The van der Waals surface area contributed by atoms with Gasteiger partial charge in [-0.15, -0.1) is 11.3 Å². The van der Waals surface area contributed by atoms with Gasteiger partial charge in [-0.3, -0.25) is 4.68 Å². The van der Waals surface area contributed by atoms with Crippen LogP contribution in [-0.2, 0) is 11.3 Å². The Morgan fingerprint density at radius 1 is 1.35 bits per heavy atom. The number of methoxy groups -OCH3 is 1. The highest BCUT2D eigenvalue weighted by Gasteiger charge is 2.18. The summed E-state index contributed by atoms with van der Waals surface area (Å²) in [5, 5.41) is 4.52. The SMILES string of the molecule is COC(=O)c1cc(C)c(-c2cn(Cc3ccccc3)nc2Br)s1. The molecule has 3 rings (SSSR count). The molecule has 0 amide bonds. The van der Waals surface area contributed by atoms with E-state index in [0.29, 0.717) is 11.4 Å². The fraction of sp³-hybridized carbons (Fsp3) is 0.176. The molecule has 2 heterocycles. The Balaban J connectivity index is 1.92. The monoisotopic (exact) mass is 390 g/mol. The van der Waals surface area contributed by atoms with E-state index in [9.17, 15) is 4.79 Å². The third-order valence-corrected chi connectivity index (χ3v) is 5.29. The van der Waals surface area contributed by atoms with Gasteiger partial charge in [0.25, 0.3) is 0 Å². The van der Waals surface area contributed by atoms with Crippen LogP contribution >= 0.6 is 27.3 Å². The van der Waals surface area contributed by atoms with Gasteiger partial charge in [-0.05, 0) is 40.0 Å². The lowest BCUT2D eigenvalue weighted by Gasteiger charge is -2.00. The summed E-state index contributed by atoms with van der Waals surface area (Å²) in [6, 6.07) is 12.0. The number of ether oxygens (including phenoxy) is 1. The van der Waals surface area contributed by atoms with Gasteiger partial charge in [0.1, 0.15) is 9.48 Å². The lowest BCUT2D eigenvalue weighted by atomic mass is 10.2. The summed E-state index contributed by atoms with van der Waals surface area (Å²) < 4.78 is 7.46. The predicted octanol–water partition coefficient (Wildman–Crippen LogP) is 4.52. The Morgan fingerprint density at radius 2 is 2.09 bits per heavy atom. The summed E-state index contributed by atoms with van der Waals surface area (Å²) >= 11 is 4.94. The minimum atomic E-state index is -0.308. The van der Waals surface area contributed by atoms with Crippen molar-refractivity contribution in [3.8, 4) is 10.4 Å². The second-order valence-corrected chi connectivity index (χ2v) is 6.93. The zero-order chi connectivity index (χ0) is 16.4. The lowest BCUT2D eigenvalue weighted by molar-refractivity contribution is 0.0606. The molecule has 0 saturated carbocycles. The molecule has 2 aromatic heterocycles. The Kier molecular flexibility index (Phi) is 4.63. The fourth-order valence-corrected chi connectivity index (χ4v) is 4.09. The minimum absolute atomic E-state index is 0.308. The first kappa shape index (κ1) is 16.0. The Labute approximate surface area is 146 Å². The molecule has 0 aliphatic carbocycles.